The highest BCUT2D eigenvalue weighted by Gasteiger charge is 2.20. The summed E-state index contributed by atoms with van der Waals surface area (Å²) in [6.07, 6.45) is 0. The summed E-state index contributed by atoms with van der Waals surface area (Å²) in [4.78, 5) is 25.1. The normalized spacial score (nSPS) is 10.4. The summed E-state index contributed by atoms with van der Waals surface area (Å²) >= 11 is 5.96. The van der Waals surface area contributed by atoms with Crippen LogP contribution in [0, 0.1) is 0 Å². The molecule has 5 nitrogen and oxygen atoms in total. The highest BCUT2D eigenvalue weighted by Crippen LogP contribution is 2.23. The van der Waals surface area contributed by atoms with E-state index in [0.717, 1.165) is 0 Å². The molecule has 0 heterocycles. The number of likely N-dealkylation sites (N-methyl/N-ethyl adjacent to an activating group) is 1. The molecule has 0 radical (unpaired) electrons. The third-order valence-electron chi connectivity index (χ3n) is 2.44. The first-order chi connectivity index (χ1) is 8.82. The van der Waals surface area contributed by atoms with Crippen LogP contribution >= 0.6 is 11.6 Å². The Kier molecular flexibility index (Phi) is 5.18. The zero-order valence-electron chi connectivity index (χ0n) is 11.2. The van der Waals surface area contributed by atoms with Crippen molar-refractivity contribution in [2.75, 3.05) is 19.3 Å². The number of anilines is 1. The minimum Gasteiger partial charge on any atom is -0.398 e. The Hall–Kier alpha value is -1.75. The molecule has 2 amide bonds. The van der Waals surface area contributed by atoms with E-state index in [-0.39, 0.29) is 35.0 Å². The third kappa shape index (κ3) is 4.13. The smallest absolute Gasteiger partial charge is 0.257 e. The summed E-state index contributed by atoms with van der Waals surface area (Å²) in [7, 11) is 1.53. The van der Waals surface area contributed by atoms with Gasteiger partial charge in [-0.2, -0.15) is 0 Å². The number of benzene rings is 1. The Balaban J connectivity index is 2.80. The van der Waals surface area contributed by atoms with Crippen LogP contribution in [0.2, 0.25) is 5.02 Å². The second-order valence-electron chi connectivity index (χ2n) is 4.59. The number of halogens is 1. The van der Waals surface area contributed by atoms with Crippen molar-refractivity contribution in [2.24, 2.45) is 0 Å². The Morgan fingerprint density at radius 2 is 2.05 bits per heavy atom. The van der Waals surface area contributed by atoms with Crippen molar-refractivity contribution in [1.82, 2.24) is 10.2 Å². The predicted molar refractivity (Wildman–Crippen MR) is 76.1 cm³/mol. The van der Waals surface area contributed by atoms with E-state index in [9.17, 15) is 9.59 Å². The Morgan fingerprint density at radius 3 is 2.58 bits per heavy atom. The van der Waals surface area contributed by atoms with Gasteiger partial charge in [0.2, 0.25) is 5.91 Å². The summed E-state index contributed by atoms with van der Waals surface area (Å²) < 4.78 is 0. The van der Waals surface area contributed by atoms with Crippen molar-refractivity contribution < 1.29 is 9.59 Å². The lowest BCUT2D eigenvalue weighted by Crippen LogP contribution is -2.41. The molecule has 0 atom stereocenters. The van der Waals surface area contributed by atoms with Gasteiger partial charge in [0.1, 0.15) is 0 Å². The fraction of sp³-hybridized carbons (Fsp3) is 0.385. The average molecular weight is 284 g/mol. The summed E-state index contributed by atoms with van der Waals surface area (Å²) in [6.45, 7) is 3.67. The molecule has 0 bridgehead atoms. The Morgan fingerprint density at radius 1 is 1.42 bits per heavy atom. The number of hydrogen-bond donors (Lipinski definition) is 2. The molecule has 0 aliphatic heterocycles. The maximum absolute atomic E-state index is 12.2. The van der Waals surface area contributed by atoms with Crippen molar-refractivity contribution in [3.8, 4) is 0 Å². The molecule has 0 unspecified atom stereocenters. The fourth-order valence-corrected chi connectivity index (χ4v) is 1.87. The van der Waals surface area contributed by atoms with Gasteiger partial charge in [0.25, 0.3) is 5.91 Å². The number of rotatable bonds is 4. The Labute approximate surface area is 117 Å². The van der Waals surface area contributed by atoms with Crippen LogP contribution in [0.1, 0.15) is 24.2 Å². The average Bonchev–Trinajstić information content (AvgIpc) is 2.26. The van der Waals surface area contributed by atoms with Crippen LogP contribution in [-0.4, -0.2) is 36.3 Å². The van der Waals surface area contributed by atoms with Gasteiger partial charge >= 0.3 is 0 Å². The van der Waals surface area contributed by atoms with Crippen LogP contribution in [-0.2, 0) is 4.79 Å². The number of amides is 2. The molecule has 6 heteroatoms. The van der Waals surface area contributed by atoms with Gasteiger partial charge in [-0.3, -0.25) is 9.59 Å². The molecule has 0 saturated carbocycles. The summed E-state index contributed by atoms with van der Waals surface area (Å²) in [6, 6.07) is 4.88. The molecule has 104 valence electrons. The lowest BCUT2D eigenvalue weighted by Gasteiger charge is -2.19. The molecule has 0 aliphatic carbocycles. The largest absolute Gasteiger partial charge is 0.398 e. The van der Waals surface area contributed by atoms with E-state index in [1.165, 1.54) is 11.9 Å². The molecule has 19 heavy (non-hydrogen) atoms. The van der Waals surface area contributed by atoms with E-state index in [1.54, 1.807) is 18.2 Å². The highest BCUT2D eigenvalue weighted by atomic mass is 35.5. The highest BCUT2D eigenvalue weighted by molar-refractivity contribution is 6.34. The van der Waals surface area contributed by atoms with Crippen LogP contribution in [0.4, 0.5) is 5.69 Å². The minimum atomic E-state index is -0.373. The Bertz CT molecular complexity index is 469. The molecule has 1 aromatic carbocycles. The quantitative estimate of drug-likeness (QED) is 0.823. The first-order valence-corrected chi connectivity index (χ1v) is 6.29. The molecular formula is C13H18ClN3O2. The molecule has 1 rings (SSSR count). The molecular weight excluding hydrogens is 266 g/mol. The molecule has 0 aromatic heterocycles. The van der Waals surface area contributed by atoms with E-state index < -0.39 is 0 Å². The molecule has 3 N–H and O–H groups in total. The van der Waals surface area contributed by atoms with Gasteiger partial charge in [0, 0.05) is 18.8 Å². The third-order valence-corrected chi connectivity index (χ3v) is 2.75. The van der Waals surface area contributed by atoms with Gasteiger partial charge in [0.05, 0.1) is 17.1 Å². The van der Waals surface area contributed by atoms with Gasteiger partial charge in [-0.15, -0.1) is 0 Å². The summed E-state index contributed by atoms with van der Waals surface area (Å²) in [5.74, 6) is -0.599. The minimum absolute atomic E-state index is 0.0291. The first kappa shape index (κ1) is 15.3. The molecule has 0 aliphatic rings. The number of nitrogen functional groups attached to an aromatic ring is 1. The molecule has 1 aromatic rings. The van der Waals surface area contributed by atoms with E-state index in [2.05, 4.69) is 5.32 Å². The van der Waals surface area contributed by atoms with Crippen LogP contribution in [0.5, 0.6) is 0 Å². The summed E-state index contributed by atoms with van der Waals surface area (Å²) in [5, 5.41) is 2.99. The van der Waals surface area contributed by atoms with Crippen LogP contribution in [0.15, 0.2) is 18.2 Å². The number of nitrogens with zero attached hydrogens (tertiary/aromatic N) is 1. The lowest BCUT2D eigenvalue weighted by molar-refractivity contribution is -0.122. The predicted octanol–water partition coefficient (Wildman–Crippen LogP) is 1.52. The number of nitrogens with one attached hydrogen (secondary N) is 1. The van der Waals surface area contributed by atoms with Crippen molar-refractivity contribution in [3.05, 3.63) is 28.8 Å². The zero-order valence-corrected chi connectivity index (χ0v) is 12.0. The van der Waals surface area contributed by atoms with E-state index in [0.29, 0.717) is 5.69 Å². The van der Waals surface area contributed by atoms with Crippen molar-refractivity contribution in [3.63, 3.8) is 0 Å². The van der Waals surface area contributed by atoms with Crippen molar-refractivity contribution in [1.29, 1.82) is 0 Å². The van der Waals surface area contributed by atoms with Crippen molar-refractivity contribution in [2.45, 2.75) is 19.9 Å². The van der Waals surface area contributed by atoms with Gasteiger partial charge in [-0.1, -0.05) is 17.7 Å². The maximum Gasteiger partial charge on any atom is 0.257 e. The van der Waals surface area contributed by atoms with E-state index >= 15 is 0 Å². The fourth-order valence-electron chi connectivity index (χ4n) is 1.61. The van der Waals surface area contributed by atoms with E-state index in [1.807, 2.05) is 13.8 Å². The van der Waals surface area contributed by atoms with Crippen LogP contribution < -0.4 is 11.1 Å². The monoisotopic (exact) mass is 283 g/mol. The number of carbonyl (C=O) groups is 2. The van der Waals surface area contributed by atoms with Crippen molar-refractivity contribution >= 4 is 29.1 Å². The maximum atomic E-state index is 12.2. The summed E-state index contributed by atoms with van der Waals surface area (Å²) in [5.41, 5.74) is 6.26. The molecule has 0 fully saturated rings. The van der Waals surface area contributed by atoms with E-state index in [4.69, 9.17) is 17.3 Å². The standard InChI is InChI=1S/C13H18ClN3O2/c1-8(2)16-11(18)7-17(3)13(19)12-9(14)5-4-6-10(12)15/h4-6,8H,7,15H2,1-3H3,(H,16,18). The number of hydrogen-bond acceptors (Lipinski definition) is 3. The second-order valence-corrected chi connectivity index (χ2v) is 4.99. The van der Waals surface area contributed by atoms with Gasteiger partial charge in [0.15, 0.2) is 0 Å². The molecule has 0 saturated heterocycles. The van der Waals surface area contributed by atoms with Gasteiger partial charge < -0.3 is 16.0 Å². The topological polar surface area (TPSA) is 75.4 Å². The SMILES string of the molecule is CC(C)NC(=O)CN(C)C(=O)c1c(N)cccc1Cl. The number of nitrogens with two attached hydrogens (primary N) is 1. The first-order valence-electron chi connectivity index (χ1n) is 5.91. The van der Waals surface area contributed by atoms with Gasteiger partial charge in [-0.05, 0) is 26.0 Å². The lowest BCUT2D eigenvalue weighted by atomic mass is 10.1. The van der Waals surface area contributed by atoms with Gasteiger partial charge in [-0.25, -0.2) is 0 Å². The van der Waals surface area contributed by atoms with Crippen LogP contribution in [0.25, 0.3) is 0 Å². The molecule has 0 spiro atoms. The van der Waals surface area contributed by atoms with Crippen LogP contribution in [0.3, 0.4) is 0 Å². The number of carbonyl (C=O) groups excluding carboxylic acids is 2. The second kappa shape index (κ2) is 6.43. The zero-order chi connectivity index (χ0) is 14.6.